The summed E-state index contributed by atoms with van der Waals surface area (Å²) >= 11 is 0. The molecule has 0 fully saturated rings. The minimum Gasteiger partial charge on any atom is -0.355 e. The van der Waals surface area contributed by atoms with Crippen molar-refractivity contribution in [2.75, 3.05) is 6.54 Å². The van der Waals surface area contributed by atoms with Crippen molar-refractivity contribution < 1.29 is 4.79 Å². The van der Waals surface area contributed by atoms with Gasteiger partial charge in [0, 0.05) is 6.54 Å². The van der Waals surface area contributed by atoms with Gasteiger partial charge in [0.1, 0.15) is 0 Å². The van der Waals surface area contributed by atoms with E-state index in [0.717, 1.165) is 19.3 Å². The lowest BCUT2D eigenvalue weighted by atomic mass is 10.0. The summed E-state index contributed by atoms with van der Waals surface area (Å²) < 4.78 is 0. The number of unbranched alkanes of at least 4 members (excludes halogenated alkanes) is 5. The zero-order valence-corrected chi connectivity index (χ0v) is 14.9. The molecular weight excluding hydrogens is 272 g/mol. The number of allylic oxidation sites excluding steroid dienone is 4. The minimum atomic E-state index is -0.374. The molecule has 0 aromatic carbocycles. The van der Waals surface area contributed by atoms with Gasteiger partial charge >= 0.3 is 0 Å². The molecule has 1 atom stereocenters. The molecule has 0 aromatic rings. The van der Waals surface area contributed by atoms with Crippen molar-refractivity contribution in [3.63, 3.8) is 0 Å². The van der Waals surface area contributed by atoms with Crippen LogP contribution in [0.1, 0.15) is 78.6 Å². The summed E-state index contributed by atoms with van der Waals surface area (Å²) in [7, 11) is 0. The molecule has 0 saturated heterocycles. The zero-order valence-electron chi connectivity index (χ0n) is 14.9. The fraction of sp³-hybridized carbons (Fsp3) is 0.737. The molecule has 3 nitrogen and oxygen atoms in total. The van der Waals surface area contributed by atoms with E-state index in [9.17, 15) is 4.79 Å². The fourth-order valence-electron chi connectivity index (χ4n) is 2.39. The van der Waals surface area contributed by atoms with Crippen LogP contribution in [0.5, 0.6) is 0 Å². The predicted octanol–water partition coefficient (Wildman–Crippen LogP) is 4.48. The Balaban J connectivity index is 3.81. The average Bonchev–Trinajstić information content (AvgIpc) is 2.52. The Labute approximate surface area is 137 Å². The maximum absolute atomic E-state index is 11.5. The molecule has 3 heteroatoms. The quantitative estimate of drug-likeness (QED) is 0.389. The van der Waals surface area contributed by atoms with E-state index in [0.29, 0.717) is 6.54 Å². The molecular formula is C19H36N2O. The van der Waals surface area contributed by atoms with Crippen LogP contribution in [0.25, 0.3) is 0 Å². The van der Waals surface area contributed by atoms with Crippen LogP contribution in [0.2, 0.25) is 0 Å². The van der Waals surface area contributed by atoms with Crippen LogP contribution in [0.15, 0.2) is 23.8 Å². The maximum atomic E-state index is 11.5. The molecule has 128 valence electrons. The predicted molar refractivity (Wildman–Crippen MR) is 96.8 cm³/mol. The van der Waals surface area contributed by atoms with Crippen molar-refractivity contribution in [3.05, 3.63) is 23.8 Å². The second-order valence-electron chi connectivity index (χ2n) is 5.86. The van der Waals surface area contributed by atoms with E-state index >= 15 is 0 Å². The maximum Gasteiger partial charge on any atom is 0.236 e. The van der Waals surface area contributed by atoms with Crippen LogP contribution < -0.4 is 11.1 Å². The van der Waals surface area contributed by atoms with Crippen molar-refractivity contribution in [3.8, 4) is 0 Å². The van der Waals surface area contributed by atoms with Crippen LogP contribution in [0.3, 0.4) is 0 Å². The summed E-state index contributed by atoms with van der Waals surface area (Å²) in [5.41, 5.74) is 7.21. The Kier molecular flexibility index (Phi) is 14.1. The number of carbonyl (C=O) groups excluding carboxylic acids is 1. The van der Waals surface area contributed by atoms with Gasteiger partial charge in [-0.1, -0.05) is 56.4 Å². The molecule has 0 radical (unpaired) electrons. The highest BCUT2D eigenvalue weighted by molar-refractivity contribution is 5.81. The van der Waals surface area contributed by atoms with Gasteiger partial charge in [-0.3, -0.25) is 4.79 Å². The van der Waals surface area contributed by atoms with Crippen LogP contribution in [-0.2, 0) is 4.79 Å². The van der Waals surface area contributed by atoms with E-state index in [4.69, 9.17) is 5.73 Å². The highest BCUT2D eigenvalue weighted by atomic mass is 16.2. The number of amides is 1. The second-order valence-corrected chi connectivity index (χ2v) is 5.86. The molecule has 1 amide bonds. The minimum absolute atomic E-state index is 0.0350. The van der Waals surface area contributed by atoms with Crippen molar-refractivity contribution >= 4 is 5.91 Å². The second kappa shape index (κ2) is 14.8. The van der Waals surface area contributed by atoms with Crippen LogP contribution in [0, 0.1) is 0 Å². The standard InChI is InChI=1S/C19H36N2O/c1-4-7-8-9-10-11-12-14-17(5-2)15-13-16-18(20)19(22)21-6-3/h5,12,14,18H,4,6-11,13,15-16,20H2,1-3H3,(H,21,22)/b14-12-,17-5+. The highest BCUT2D eigenvalue weighted by Gasteiger charge is 2.11. The van der Waals surface area contributed by atoms with Gasteiger partial charge in [0.05, 0.1) is 6.04 Å². The van der Waals surface area contributed by atoms with E-state index in [1.165, 1.54) is 44.1 Å². The molecule has 0 spiro atoms. The van der Waals surface area contributed by atoms with Crippen molar-refractivity contribution in [1.82, 2.24) is 5.32 Å². The van der Waals surface area contributed by atoms with Gasteiger partial charge in [-0.05, 0) is 46.0 Å². The smallest absolute Gasteiger partial charge is 0.236 e. The first-order valence-electron chi connectivity index (χ1n) is 9.00. The molecule has 0 rings (SSSR count). The van der Waals surface area contributed by atoms with Crippen LogP contribution >= 0.6 is 0 Å². The van der Waals surface area contributed by atoms with Gasteiger partial charge in [-0.15, -0.1) is 0 Å². The third-order valence-electron chi connectivity index (χ3n) is 3.85. The largest absolute Gasteiger partial charge is 0.355 e. The summed E-state index contributed by atoms with van der Waals surface area (Å²) in [6, 6.07) is -0.374. The van der Waals surface area contributed by atoms with E-state index in [-0.39, 0.29) is 11.9 Å². The first kappa shape index (κ1) is 20.9. The number of rotatable bonds is 13. The summed E-state index contributed by atoms with van der Waals surface area (Å²) in [5.74, 6) is -0.0350. The van der Waals surface area contributed by atoms with Gasteiger partial charge < -0.3 is 11.1 Å². The Morgan fingerprint density at radius 2 is 1.86 bits per heavy atom. The van der Waals surface area contributed by atoms with Gasteiger partial charge in [0.2, 0.25) is 5.91 Å². The first-order chi connectivity index (χ1) is 10.7. The molecule has 0 aliphatic carbocycles. The SMILES string of the molecule is C/C=C(\C=C/CCCCCCC)CCCC(N)C(=O)NCC. The summed E-state index contributed by atoms with van der Waals surface area (Å²) in [5, 5.41) is 2.77. The number of nitrogens with two attached hydrogens (primary N) is 1. The fourth-order valence-corrected chi connectivity index (χ4v) is 2.39. The van der Waals surface area contributed by atoms with E-state index in [1.807, 2.05) is 6.92 Å². The summed E-state index contributed by atoms with van der Waals surface area (Å²) in [6.45, 7) is 6.88. The van der Waals surface area contributed by atoms with E-state index in [1.54, 1.807) is 0 Å². The molecule has 0 aliphatic rings. The lowest BCUT2D eigenvalue weighted by Gasteiger charge is -2.11. The Morgan fingerprint density at radius 3 is 2.50 bits per heavy atom. The Morgan fingerprint density at radius 1 is 1.14 bits per heavy atom. The zero-order chi connectivity index (χ0) is 16.6. The monoisotopic (exact) mass is 308 g/mol. The molecule has 0 heterocycles. The van der Waals surface area contributed by atoms with Gasteiger partial charge in [-0.2, -0.15) is 0 Å². The third kappa shape index (κ3) is 11.6. The van der Waals surface area contributed by atoms with Gasteiger partial charge in [-0.25, -0.2) is 0 Å². The number of hydrogen-bond acceptors (Lipinski definition) is 2. The van der Waals surface area contributed by atoms with Crippen molar-refractivity contribution in [2.45, 2.75) is 84.6 Å². The lowest BCUT2D eigenvalue weighted by molar-refractivity contribution is -0.122. The van der Waals surface area contributed by atoms with E-state index < -0.39 is 0 Å². The topological polar surface area (TPSA) is 55.1 Å². The Hall–Kier alpha value is -1.09. The number of hydrogen-bond donors (Lipinski definition) is 2. The normalized spacial score (nSPS) is 13.5. The van der Waals surface area contributed by atoms with Crippen molar-refractivity contribution in [1.29, 1.82) is 0 Å². The van der Waals surface area contributed by atoms with Crippen LogP contribution in [0.4, 0.5) is 0 Å². The first-order valence-corrected chi connectivity index (χ1v) is 9.00. The number of carbonyl (C=O) groups is 1. The van der Waals surface area contributed by atoms with Gasteiger partial charge in [0.15, 0.2) is 0 Å². The summed E-state index contributed by atoms with van der Waals surface area (Å²) in [4.78, 5) is 11.5. The molecule has 22 heavy (non-hydrogen) atoms. The lowest BCUT2D eigenvalue weighted by Crippen LogP contribution is -2.40. The highest BCUT2D eigenvalue weighted by Crippen LogP contribution is 2.12. The molecule has 0 bridgehead atoms. The Bertz CT molecular complexity index is 334. The molecule has 3 N–H and O–H groups in total. The van der Waals surface area contributed by atoms with E-state index in [2.05, 4.69) is 37.4 Å². The molecule has 0 aromatic heterocycles. The van der Waals surface area contributed by atoms with Crippen molar-refractivity contribution in [2.24, 2.45) is 5.73 Å². The summed E-state index contributed by atoms with van der Waals surface area (Å²) in [6.07, 6.45) is 17.2. The third-order valence-corrected chi connectivity index (χ3v) is 3.85. The van der Waals surface area contributed by atoms with Crippen LogP contribution in [-0.4, -0.2) is 18.5 Å². The molecule has 0 saturated carbocycles. The molecule has 1 unspecified atom stereocenters. The average molecular weight is 309 g/mol. The number of likely N-dealkylation sites (N-methyl/N-ethyl adjacent to an activating group) is 1. The molecule has 0 aliphatic heterocycles. The van der Waals surface area contributed by atoms with Gasteiger partial charge in [0.25, 0.3) is 0 Å². The number of nitrogens with one attached hydrogen (secondary N) is 1.